The van der Waals surface area contributed by atoms with Gasteiger partial charge in [0.25, 0.3) is 0 Å². The van der Waals surface area contributed by atoms with Gasteiger partial charge in [-0.1, -0.05) is 24.6 Å². The molecule has 0 saturated heterocycles. The van der Waals surface area contributed by atoms with E-state index in [1.807, 2.05) is 6.07 Å². The van der Waals surface area contributed by atoms with Crippen LogP contribution >= 0.6 is 0 Å². The molecule has 1 aliphatic rings. The van der Waals surface area contributed by atoms with Gasteiger partial charge in [-0.05, 0) is 38.3 Å². The van der Waals surface area contributed by atoms with Crippen molar-refractivity contribution in [3.05, 3.63) is 29.3 Å². The second-order valence-corrected chi connectivity index (χ2v) is 5.65. The molecule has 0 bridgehead atoms. The second-order valence-electron chi connectivity index (χ2n) is 5.65. The molecule has 0 aromatic heterocycles. The first-order valence-corrected chi connectivity index (χ1v) is 7.26. The SMILES string of the molecule is CCN(CC1CC1)CC(N)c1cc(C)ccc1OC. The predicted molar refractivity (Wildman–Crippen MR) is 79.5 cm³/mol. The molecule has 1 aromatic rings. The first-order chi connectivity index (χ1) is 9.13. The van der Waals surface area contributed by atoms with E-state index in [-0.39, 0.29) is 6.04 Å². The summed E-state index contributed by atoms with van der Waals surface area (Å²) in [4.78, 5) is 2.46. The maximum absolute atomic E-state index is 6.39. The van der Waals surface area contributed by atoms with E-state index in [0.717, 1.165) is 30.3 Å². The fourth-order valence-electron chi connectivity index (χ4n) is 2.52. The Bertz CT molecular complexity index is 415. The Morgan fingerprint density at radius 2 is 2.16 bits per heavy atom. The molecular formula is C16H26N2O. The lowest BCUT2D eigenvalue weighted by Gasteiger charge is -2.25. The van der Waals surface area contributed by atoms with Gasteiger partial charge in [0, 0.05) is 24.7 Å². The third-order valence-corrected chi connectivity index (χ3v) is 3.90. The largest absolute Gasteiger partial charge is 0.496 e. The van der Waals surface area contributed by atoms with Crippen molar-refractivity contribution in [3.8, 4) is 5.75 Å². The summed E-state index contributed by atoms with van der Waals surface area (Å²) >= 11 is 0. The summed E-state index contributed by atoms with van der Waals surface area (Å²) in [6, 6.07) is 6.25. The van der Waals surface area contributed by atoms with Crippen LogP contribution in [0.1, 0.15) is 36.9 Å². The zero-order valence-corrected chi connectivity index (χ0v) is 12.4. The van der Waals surface area contributed by atoms with Gasteiger partial charge in [-0.2, -0.15) is 0 Å². The van der Waals surface area contributed by atoms with Gasteiger partial charge in [-0.3, -0.25) is 0 Å². The van der Waals surface area contributed by atoms with E-state index < -0.39 is 0 Å². The number of hydrogen-bond acceptors (Lipinski definition) is 3. The van der Waals surface area contributed by atoms with Gasteiger partial charge in [0.15, 0.2) is 0 Å². The van der Waals surface area contributed by atoms with Crippen LogP contribution in [0, 0.1) is 12.8 Å². The molecule has 1 atom stereocenters. The first kappa shape index (κ1) is 14.4. The molecular weight excluding hydrogens is 236 g/mol. The summed E-state index contributed by atoms with van der Waals surface area (Å²) in [5.74, 6) is 1.81. The highest BCUT2D eigenvalue weighted by Crippen LogP contribution is 2.31. The zero-order valence-electron chi connectivity index (χ0n) is 12.4. The van der Waals surface area contributed by atoms with Crippen LogP contribution in [-0.4, -0.2) is 31.6 Å². The van der Waals surface area contributed by atoms with Crippen molar-refractivity contribution in [2.24, 2.45) is 11.7 Å². The minimum absolute atomic E-state index is 0.0218. The summed E-state index contributed by atoms with van der Waals surface area (Å²) < 4.78 is 5.43. The van der Waals surface area contributed by atoms with Crippen LogP contribution < -0.4 is 10.5 Å². The van der Waals surface area contributed by atoms with Crippen molar-refractivity contribution >= 4 is 0 Å². The van der Waals surface area contributed by atoms with E-state index in [1.165, 1.54) is 24.9 Å². The number of aryl methyl sites for hydroxylation is 1. The standard InChI is InChI=1S/C16H26N2O/c1-4-18(10-13-6-7-13)11-15(17)14-9-12(2)5-8-16(14)19-3/h5,8-9,13,15H,4,6-7,10-11,17H2,1-3H3. The smallest absolute Gasteiger partial charge is 0.123 e. The molecule has 0 amide bonds. The number of benzene rings is 1. The van der Waals surface area contributed by atoms with Gasteiger partial charge >= 0.3 is 0 Å². The number of likely N-dealkylation sites (N-methyl/N-ethyl adjacent to an activating group) is 1. The molecule has 0 aliphatic heterocycles. The summed E-state index contributed by atoms with van der Waals surface area (Å²) in [6.45, 7) is 7.48. The Labute approximate surface area is 116 Å². The van der Waals surface area contributed by atoms with Crippen molar-refractivity contribution in [1.82, 2.24) is 4.90 Å². The van der Waals surface area contributed by atoms with Gasteiger partial charge in [0.05, 0.1) is 7.11 Å². The quantitative estimate of drug-likeness (QED) is 0.821. The van der Waals surface area contributed by atoms with Crippen LogP contribution in [0.2, 0.25) is 0 Å². The van der Waals surface area contributed by atoms with Crippen LogP contribution in [0.3, 0.4) is 0 Å². The van der Waals surface area contributed by atoms with Crippen molar-refractivity contribution in [2.45, 2.75) is 32.7 Å². The number of hydrogen-bond donors (Lipinski definition) is 1. The number of rotatable bonds is 7. The lowest BCUT2D eigenvalue weighted by atomic mass is 10.0. The number of methoxy groups -OCH3 is 1. The highest BCUT2D eigenvalue weighted by atomic mass is 16.5. The minimum atomic E-state index is 0.0218. The van der Waals surface area contributed by atoms with Crippen LogP contribution in [0.15, 0.2) is 18.2 Å². The Hall–Kier alpha value is -1.06. The van der Waals surface area contributed by atoms with Crippen LogP contribution in [0.5, 0.6) is 5.75 Å². The molecule has 0 radical (unpaired) electrons. The molecule has 19 heavy (non-hydrogen) atoms. The fourth-order valence-corrected chi connectivity index (χ4v) is 2.52. The highest BCUT2D eigenvalue weighted by Gasteiger charge is 2.25. The zero-order chi connectivity index (χ0) is 13.8. The van der Waals surface area contributed by atoms with Crippen molar-refractivity contribution in [1.29, 1.82) is 0 Å². The molecule has 1 aromatic carbocycles. The monoisotopic (exact) mass is 262 g/mol. The topological polar surface area (TPSA) is 38.5 Å². The van der Waals surface area contributed by atoms with Gasteiger partial charge in [-0.15, -0.1) is 0 Å². The Morgan fingerprint density at radius 1 is 1.42 bits per heavy atom. The van der Waals surface area contributed by atoms with Crippen LogP contribution in [0.4, 0.5) is 0 Å². The molecule has 3 heteroatoms. The van der Waals surface area contributed by atoms with Gasteiger partial charge in [0.2, 0.25) is 0 Å². The fraction of sp³-hybridized carbons (Fsp3) is 0.625. The average Bonchev–Trinajstić information content (AvgIpc) is 3.21. The molecule has 2 rings (SSSR count). The van der Waals surface area contributed by atoms with Crippen molar-refractivity contribution in [3.63, 3.8) is 0 Å². The van der Waals surface area contributed by atoms with Crippen molar-refractivity contribution < 1.29 is 4.74 Å². The molecule has 0 spiro atoms. The first-order valence-electron chi connectivity index (χ1n) is 7.26. The minimum Gasteiger partial charge on any atom is -0.496 e. The number of nitrogens with zero attached hydrogens (tertiary/aromatic N) is 1. The lowest BCUT2D eigenvalue weighted by Crippen LogP contribution is -2.33. The Morgan fingerprint density at radius 3 is 2.74 bits per heavy atom. The molecule has 1 saturated carbocycles. The summed E-state index contributed by atoms with van der Waals surface area (Å²) in [6.07, 6.45) is 2.78. The highest BCUT2D eigenvalue weighted by molar-refractivity contribution is 5.39. The Kier molecular flexibility index (Phi) is 4.83. The van der Waals surface area contributed by atoms with Gasteiger partial charge < -0.3 is 15.4 Å². The normalized spacial score (nSPS) is 16.7. The van der Waals surface area contributed by atoms with Crippen LogP contribution in [-0.2, 0) is 0 Å². The molecule has 0 heterocycles. The molecule has 2 N–H and O–H groups in total. The number of ether oxygens (including phenoxy) is 1. The number of nitrogens with two attached hydrogens (primary N) is 1. The maximum atomic E-state index is 6.39. The van der Waals surface area contributed by atoms with E-state index in [4.69, 9.17) is 10.5 Å². The molecule has 1 aliphatic carbocycles. The molecule has 3 nitrogen and oxygen atoms in total. The molecule has 1 fully saturated rings. The Balaban J connectivity index is 2.04. The van der Waals surface area contributed by atoms with E-state index in [1.54, 1.807) is 7.11 Å². The van der Waals surface area contributed by atoms with Crippen molar-refractivity contribution in [2.75, 3.05) is 26.7 Å². The van der Waals surface area contributed by atoms with E-state index >= 15 is 0 Å². The van der Waals surface area contributed by atoms with E-state index in [0.29, 0.717) is 0 Å². The average molecular weight is 262 g/mol. The molecule has 106 valence electrons. The van der Waals surface area contributed by atoms with Gasteiger partial charge in [-0.25, -0.2) is 0 Å². The van der Waals surface area contributed by atoms with Crippen LogP contribution in [0.25, 0.3) is 0 Å². The summed E-state index contributed by atoms with van der Waals surface area (Å²) in [5, 5.41) is 0. The summed E-state index contributed by atoms with van der Waals surface area (Å²) in [5.41, 5.74) is 8.75. The third kappa shape index (κ3) is 3.95. The third-order valence-electron chi connectivity index (χ3n) is 3.90. The summed E-state index contributed by atoms with van der Waals surface area (Å²) in [7, 11) is 1.71. The lowest BCUT2D eigenvalue weighted by molar-refractivity contribution is 0.258. The predicted octanol–water partition coefficient (Wildman–Crippen LogP) is 2.74. The van der Waals surface area contributed by atoms with E-state index in [2.05, 4.69) is 30.9 Å². The second kappa shape index (κ2) is 6.40. The maximum Gasteiger partial charge on any atom is 0.123 e. The van der Waals surface area contributed by atoms with Gasteiger partial charge in [0.1, 0.15) is 5.75 Å². The van der Waals surface area contributed by atoms with E-state index in [9.17, 15) is 0 Å². The molecule has 1 unspecified atom stereocenters.